The van der Waals surface area contributed by atoms with Gasteiger partial charge in [-0.15, -0.1) is 0 Å². The first-order valence-electron chi connectivity index (χ1n) is 6.95. The van der Waals surface area contributed by atoms with Crippen LogP contribution in [0.4, 0.5) is 15.8 Å². The van der Waals surface area contributed by atoms with E-state index in [2.05, 4.69) is 0 Å². The lowest BCUT2D eigenvalue weighted by Gasteiger charge is -2.14. The molecule has 1 fully saturated rings. The average Bonchev–Trinajstić information content (AvgIpc) is 2.84. The van der Waals surface area contributed by atoms with Crippen molar-refractivity contribution in [1.29, 1.82) is 0 Å². The molecule has 0 aromatic heterocycles. The van der Waals surface area contributed by atoms with Gasteiger partial charge < -0.3 is 0 Å². The molecule has 0 unspecified atom stereocenters. The number of carbonyl (C=O) groups excluding carboxylic acids is 1. The van der Waals surface area contributed by atoms with Crippen LogP contribution in [0.3, 0.4) is 0 Å². The molecule has 10 heteroatoms. The van der Waals surface area contributed by atoms with Crippen molar-refractivity contribution < 1.29 is 14.1 Å². The van der Waals surface area contributed by atoms with Crippen LogP contribution < -0.4 is 4.90 Å². The molecule has 26 heavy (non-hydrogen) atoms. The van der Waals surface area contributed by atoms with E-state index < -0.39 is 16.6 Å². The van der Waals surface area contributed by atoms with Gasteiger partial charge in [0.05, 0.1) is 15.5 Å². The topological polar surface area (TPSA) is 63.4 Å². The number of amides is 1. The van der Waals surface area contributed by atoms with Crippen molar-refractivity contribution in [1.82, 2.24) is 0 Å². The maximum atomic E-state index is 14.0. The molecule has 1 heterocycles. The van der Waals surface area contributed by atoms with Crippen LogP contribution in [-0.2, 0) is 4.79 Å². The summed E-state index contributed by atoms with van der Waals surface area (Å²) in [5.74, 6) is -1.14. The van der Waals surface area contributed by atoms with E-state index in [0.29, 0.717) is 0 Å². The number of hydrogen-bond donors (Lipinski definition) is 0. The molecule has 2 aromatic rings. The third kappa shape index (κ3) is 3.45. The van der Waals surface area contributed by atoms with Crippen LogP contribution in [0.15, 0.2) is 41.3 Å². The number of hydrogen-bond acceptors (Lipinski definition) is 5. The lowest BCUT2D eigenvalue weighted by molar-refractivity contribution is -0.384. The minimum absolute atomic E-state index is 0.0339. The maximum absolute atomic E-state index is 14.0. The highest BCUT2D eigenvalue weighted by Crippen LogP contribution is 2.39. The Morgan fingerprint density at radius 2 is 1.92 bits per heavy atom. The fourth-order valence-corrected chi connectivity index (χ4v) is 4.04. The third-order valence-corrected chi connectivity index (χ3v) is 5.37. The van der Waals surface area contributed by atoms with Gasteiger partial charge in [0.2, 0.25) is 0 Å². The first-order valence-corrected chi connectivity index (χ1v) is 8.93. The van der Waals surface area contributed by atoms with Crippen LogP contribution in [0.25, 0.3) is 6.08 Å². The highest BCUT2D eigenvalue weighted by Gasteiger charge is 2.35. The van der Waals surface area contributed by atoms with Gasteiger partial charge in [0, 0.05) is 16.7 Å². The number of benzene rings is 2. The minimum Gasteiger partial charge on any atom is -0.268 e. The second-order valence-electron chi connectivity index (χ2n) is 5.05. The molecule has 1 saturated heterocycles. The second kappa shape index (κ2) is 7.32. The number of nitro groups is 1. The Morgan fingerprint density at radius 1 is 1.23 bits per heavy atom. The van der Waals surface area contributed by atoms with Gasteiger partial charge >= 0.3 is 0 Å². The van der Waals surface area contributed by atoms with E-state index in [9.17, 15) is 19.3 Å². The van der Waals surface area contributed by atoms with Crippen molar-refractivity contribution in [3.63, 3.8) is 0 Å². The molecule has 0 atom stereocenters. The Balaban J connectivity index is 2.03. The molecule has 5 nitrogen and oxygen atoms in total. The molecular formula is C16H7Cl2FN2O3S2. The zero-order valence-electron chi connectivity index (χ0n) is 12.6. The van der Waals surface area contributed by atoms with E-state index in [1.807, 2.05) is 0 Å². The number of nitro benzene ring substituents is 1. The zero-order valence-corrected chi connectivity index (χ0v) is 15.8. The molecule has 0 bridgehead atoms. The van der Waals surface area contributed by atoms with Gasteiger partial charge in [-0.1, -0.05) is 59.3 Å². The summed E-state index contributed by atoms with van der Waals surface area (Å²) < 4.78 is 14.1. The molecule has 0 spiro atoms. The normalized spacial score (nSPS) is 15.8. The van der Waals surface area contributed by atoms with Gasteiger partial charge in [0.15, 0.2) is 4.32 Å². The van der Waals surface area contributed by atoms with Crippen molar-refractivity contribution in [3.8, 4) is 0 Å². The van der Waals surface area contributed by atoms with Gasteiger partial charge in [-0.2, -0.15) is 0 Å². The minimum atomic E-state index is -0.652. The standard InChI is InChI=1S/C16H7Cl2FN2O3S2/c17-9-7-10(18)13(21(23)24)5-8(9)6-14-15(22)20(16(25)26-14)12-4-2-1-3-11(12)19/h1-7H/b14-6+. The van der Waals surface area contributed by atoms with Crippen LogP contribution in [0.2, 0.25) is 10.0 Å². The molecule has 0 saturated carbocycles. The second-order valence-corrected chi connectivity index (χ2v) is 7.54. The van der Waals surface area contributed by atoms with Crippen molar-refractivity contribution in [2.24, 2.45) is 0 Å². The molecule has 3 rings (SSSR count). The number of anilines is 1. The fourth-order valence-electron chi connectivity index (χ4n) is 2.25. The van der Waals surface area contributed by atoms with Gasteiger partial charge in [0.25, 0.3) is 11.6 Å². The lowest BCUT2D eigenvalue weighted by Crippen LogP contribution is -2.28. The molecule has 132 valence electrons. The van der Waals surface area contributed by atoms with E-state index in [0.717, 1.165) is 16.7 Å². The number of nitrogens with zero attached hydrogens (tertiary/aromatic N) is 2. The van der Waals surface area contributed by atoms with E-state index in [1.54, 1.807) is 6.07 Å². The summed E-state index contributed by atoms with van der Waals surface area (Å²) in [6.45, 7) is 0. The molecule has 1 amide bonds. The monoisotopic (exact) mass is 428 g/mol. The molecule has 1 aliphatic rings. The summed E-state index contributed by atoms with van der Waals surface area (Å²) in [4.78, 5) is 24.3. The fraction of sp³-hybridized carbons (Fsp3) is 0. The maximum Gasteiger partial charge on any atom is 0.288 e. The van der Waals surface area contributed by atoms with E-state index in [1.165, 1.54) is 36.4 Å². The zero-order chi connectivity index (χ0) is 19.0. The van der Waals surface area contributed by atoms with Crippen LogP contribution >= 0.6 is 47.2 Å². The Kier molecular flexibility index (Phi) is 5.29. The number of thioether (sulfide) groups is 1. The summed E-state index contributed by atoms with van der Waals surface area (Å²) >= 11 is 18.0. The predicted molar refractivity (Wildman–Crippen MR) is 105 cm³/mol. The molecule has 2 aromatic carbocycles. The Hall–Kier alpha value is -2.00. The summed E-state index contributed by atoms with van der Waals surface area (Å²) in [5.41, 5.74) is -0.0738. The average molecular weight is 429 g/mol. The van der Waals surface area contributed by atoms with Gasteiger partial charge in [0.1, 0.15) is 10.8 Å². The van der Waals surface area contributed by atoms with Gasteiger partial charge in [-0.3, -0.25) is 19.8 Å². The van der Waals surface area contributed by atoms with E-state index in [-0.39, 0.29) is 36.2 Å². The van der Waals surface area contributed by atoms with Crippen molar-refractivity contribution in [2.45, 2.75) is 0 Å². The van der Waals surface area contributed by atoms with Crippen LogP contribution in [0, 0.1) is 15.9 Å². The van der Waals surface area contributed by atoms with Gasteiger partial charge in [-0.05, 0) is 24.3 Å². The van der Waals surface area contributed by atoms with E-state index in [4.69, 9.17) is 35.4 Å². The molecule has 0 aliphatic carbocycles. The van der Waals surface area contributed by atoms with E-state index >= 15 is 0 Å². The summed E-state index contributed by atoms with van der Waals surface area (Å²) in [5, 5.41) is 11.0. The number of halogens is 3. The number of rotatable bonds is 3. The predicted octanol–water partition coefficient (Wildman–Crippen LogP) is 5.45. The first kappa shape index (κ1) is 18.8. The lowest BCUT2D eigenvalue weighted by atomic mass is 10.1. The van der Waals surface area contributed by atoms with Crippen LogP contribution in [-0.4, -0.2) is 15.2 Å². The molecule has 0 N–H and O–H groups in total. The molecule has 0 radical (unpaired) electrons. The van der Waals surface area contributed by atoms with Crippen LogP contribution in [0.1, 0.15) is 5.56 Å². The molecular weight excluding hydrogens is 422 g/mol. The number of thiocarbonyl (C=S) groups is 1. The smallest absolute Gasteiger partial charge is 0.268 e. The van der Waals surface area contributed by atoms with Crippen LogP contribution in [0.5, 0.6) is 0 Å². The summed E-state index contributed by atoms with van der Waals surface area (Å²) in [6, 6.07) is 8.13. The van der Waals surface area contributed by atoms with Crippen molar-refractivity contribution in [3.05, 3.63) is 72.8 Å². The Bertz CT molecular complexity index is 997. The summed E-state index contributed by atoms with van der Waals surface area (Å²) in [6.07, 6.45) is 1.37. The summed E-state index contributed by atoms with van der Waals surface area (Å²) in [7, 11) is 0. The number of carbonyl (C=O) groups is 1. The SMILES string of the molecule is O=C1/C(=C\c2cc([N+](=O)[O-])c(Cl)cc2Cl)SC(=S)N1c1ccccc1F. The largest absolute Gasteiger partial charge is 0.288 e. The van der Waals surface area contributed by atoms with Crippen molar-refractivity contribution >= 4 is 74.9 Å². The Labute approximate surface area is 166 Å². The quantitative estimate of drug-likeness (QED) is 0.281. The first-order chi connectivity index (χ1) is 12.3. The van der Waals surface area contributed by atoms with Crippen molar-refractivity contribution in [2.75, 3.05) is 4.90 Å². The highest BCUT2D eigenvalue weighted by molar-refractivity contribution is 8.27. The Morgan fingerprint density at radius 3 is 2.58 bits per heavy atom. The molecule has 1 aliphatic heterocycles. The van der Waals surface area contributed by atoms with Gasteiger partial charge in [-0.25, -0.2) is 4.39 Å². The highest BCUT2D eigenvalue weighted by atomic mass is 35.5. The third-order valence-electron chi connectivity index (χ3n) is 3.44. The number of para-hydroxylation sites is 1.